The number of pyridine rings is 1. The van der Waals surface area contributed by atoms with Crippen molar-refractivity contribution < 1.29 is 21.6 Å². The Hall–Kier alpha value is -1.72. The third-order valence-electron chi connectivity index (χ3n) is 3.55. The van der Waals surface area contributed by atoms with E-state index in [0.29, 0.717) is 18.1 Å². The Balaban J connectivity index is 1.72. The quantitative estimate of drug-likeness (QED) is 0.799. The van der Waals surface area contributed by atoms with E-state index in [4.69, 9.17) is 0 Å². The van der Waals surface area contributed by atoms with Gasteiger partial charge >= 0.3 is 6.18 Å². The van der Waals surface area contributed by atoms with Gasteiger partial charge in [-0.15, -0.1) is 10.2 Å². The SMILES string of the molecule is O=S(=O)(c1ccc(Sc2ccc(C(F)(F)F)nn2)nc1)N1CCCC1. The van der Waals surface area contributed by atoms with Gasteiger partial charge in [-0.05, 0) is 48.9 Å². The average molecular weight is 390 g/mol. The lowest BCUT2D eigenvalue weighted by molar-refractivity contribution is -0.141. The van der Waals surface area contributed by atoms with Crippen LogP contribution in [-0.2, 0) is 16.2 Å². The van der Waals surface area contributed by atoms with Crippen LogP contribution in [0.1, 0.15) is 18.5 Å². The van der Waals surface area contributed by atoms with Crippen LogP contribution < -0.4 is 0 Å². The molecule has 2 aromatic rings. The van der Waals surface area contributed by atoms with Crippen molar-refractivity contribution in [1.29, 1.82) is 0 Å². The van der Waals surface area contributed by atoms with Crippen LogP contribution in [0.25, 0.3) is 0 Å². The van der Waals surface area contributed by atoms with Crippen molar-refractivity contribution in [3.63, 3.8) is 0 Å². The lowest BCUT2D eigenvalue weighted by atomic mass is 10.4. The van der Waals surface area contributed by atoms with Crippen LogP contribution in [0.5, 0.6) is 0 Å². The molecule has 0 aliphatic carbocycles. The second kappa shape index (κ2) is 6.89. The van der Waals surface area contributed by atoms with Gasteiger partial charge in [-0.1, -0.05) is 0 Å². The van der Waals surface area contributed by atoms with Crippen molar-refractivity contribution in [2.24, 2.45) is 0 Å². The van der Waals surface area contributed by atoms with Gasteiger partial charge in [-0.2, -0.15) is 17.5 Å². The second-order valence-electron chi connectivity index (χ2n) is 5.30. The van der Waals surface area contributed by atoms with Gasteiger partial charge in [0, 0.05) is 19.3 Å². The zero-order chi connectivity index (χ0) is 18.1. The Labute approximate surface area is 146 Å². The summed E-state index contributed by atoms with van der Waals surface area (Å²) in [7, 11) is -3.54. The molecule has 3 heterocycles. The first kappa shape index (κ1) is 18.1. The maximum absolute atomic E-state index is 12.4. The van der Waals surface area contributed by atoms with Crippen LogP contribution in [0, 0.1) is 0 Å². The van der Waals surface area contributed by atoms with Crippen molar-refractivity contribution in [3.8, 4) is 0 Å². The molecule has 0 radical (unpaired) electrons. The number of sulfonamides is 1. The van der Waals surface area contributed by atoms with E-state index in [1.165, 1.54) is 28.7 Å². The van der Waals surface area contributed by atoms with Crippen LogP contribution in [0.4, 0.5) is 13.2 Å². The Morgan fingerprint density at radius 3 is 2.20 bits per heavy atom. The molecule has 3 rings (SSSR count). The monoisotopic (exact) mass is 390 g/mol. The fraction of sp³-hybridized carbons (Fsp3) is 0.357. The molecule has 6 nitrogen and oxygen atoms in total. The fourth-order valence-corrected chi connectivity index (χ4v) is 4.43. The number of alkyl halides is 3. The van der Waals surface area contributed by atoms with E-state index >= 15 is 0 Å². The van der Waals surface area contributed by atoms with Gasteiger partial charge in [0.2, 0.25) is 10.0 Å². The van der Waals surface area contributed by atoms with E-state index in [1.54, 1.807) is 0 Å². The molecule has 2 aromatic heterocycles. The van der Waals surface area contributed by atoms with Gasteiger partial charge < -0.3 is 0 Å². The molecular weight excluding hydrogens is 377 g/mol. The molecular formula is C14H13F3N4O2S2. The molecule has 0 saturated carbocycles. The smallest absolute Gasteiger partial charge is 0.248 e. The minimum atomic E-state index is -4.54. The highest BCUT2D eigenvalue weighted by atomic mass is 32.2. The van der Waals surface area contributed by atoms with E-state index in [-0.39, 0.29) is 9.92 Å². The summed E-state index contributed by atoms with van der Waals surface area (Å²) in [5, 5.41) is 7.27. The molecule has 0 amide bonds. The Kier molecular flexibility index (Phi) is 4.98. The van der Waals surface area contributed by atoms with Crippen molar-refractivity contribution in [2.75, 3.05) is 13.1 Å². The van der Waals surface area contributed by atoms with Crippen LogP contribution in [-0.4, -0.2) is 41.0 Å². The highest BCUT2D eigenvalue weighted by Crippen LogP contribution is 2.30. The number of hydrogen-bond donors (Lipinski definition) is 0. The van der Waals surface area contributed by atoms with Crippen LogP contribution in [0.2, 0.25) is 0 Å². The standard InChI is InChI=1S/C14H13F3N4O2S2/c15-14(16,17)11-4-6-13(20-19-11)24-12-5-3-10(9-18-12)25(22,23)21-7-1-2-8-21/h3-6,9H,1-2,7-8H2. The van der Waals surface area contributed by atoms with Crippen molar-refractivity contribution in [2.45, 2.75) is 34.0 Å². The van der Waals surface area contributed by atoms with E-state index in [2.05, 4.69) is 15.2 Å². The Bertz CT molecular complexity index is 834. The summed E-state index contributed by atoms with van der Waals surface area (Å²) >= 11 is 0.998. The van der Waals surface area contributed by atoms with Gasteiger partial charge in [0.05, 0.1) is 0 Å². The van der Waals surface area contributed by atoms with Crippen molar-refractivity contribution in [1.82, 2.24) is 19.5 Å². The fourth-order valence-electron chi connectivity index (χ4n) is 2.29. The summed E-state index contributed by atoms with van der Waals surface area (Å²) in [6.45, 7) is 1.000. The van der Waals surface area contributed by atoms with E-state index in [1.807, 2.05) is 0 Å². The first-order valence-corrected chi connectivity index (χ1v) is 9.57. The lowest BCUT2D eigenvalue weighted by Crippen LogP contribution is -2.27. The molecule has 25 heavy (non-hydrogen) atoms. The first-order chi connectivity index (χ1) is 11.8. The maximum Gasteiger partial charge on any atom is 0.435 e. The number of rotatable bonds is 4. The highest BCUT2D eigenvalue weighted by Gasteiger charge is 2.33. The van der Waals surface area contributed by atoms with Crippen LogP contribution >= 0.6 is 11.8 Å². The molecule has 11 heteroatoms. The highest BCUT2D eigenvalue weighted by molar-refractivity contribution is 7.99. The second-order valence-corrected chi connectivity index (χ2v) is 8.28. The van der Waals surface area contributed by atoms with Crippen LogP contribution in [0.15, 0.2) is 45.4 Å². The average Bonchev–Trinajstić information content (AvgIpc) is 3.10. The molecule has 1 saturated heterocycles. The summed E-state index contributed by atoms with van der Waals surface area (Å²) in [5.74, 6) is 0. The third kappa shape index (κ3) is 4.10. The molecule has 0 atom stereocenters. The number of hydrogen-bond acceptors (Lipinski definition) is 6. The molecule has 0 bridgehead atoms. The van der Waals surface area contributed by atoms with Gasteiger partial charge in [0.15, 0.2) is 5.69 Å². The van der Waals surface area contributed by atoms with Gasteiger partial charge in [0.1, 0.15) is 14.9 Å². The van der Waals surface area contributed by atoms with Crippen LogP contribution in [0.3, 0.4) is 0 Å². The zero-order valence-electron chi connectivity index (χ0n) is 12.8. The Morgan fingerprint density at radius 2 is 1.68 bits per heavy atom. The molecule has 0 N–H and O–H groups in total. The number of halogens is 3. The summed E-state index contributed by atoms with van der Waals surface area (Å²) in [6.07, 6.45) is -1.62. The first-order valence-electron chi connectivity index (χ1n) is 7.32. The summed E-state index contributed by atoms with van der Waals surface area (Å²) < 4.78 is 63.5. The van der Waals surface area contributed by atoms with Gasteiger partial charge in [-0.3, -0.25) is 0 Å². The summed E-state index contributed by atoms with van der Waals surface area (Å²) in [4.78, 5) is 4.14. The summed E-state index contributed by atoms with van der Waals surface area (Å²) in [5.41, 5.74) is -1.07. The normalized spacial score (nSPS) is 16.3. The van der Waals surface area contributed by atoms with Crippen molar-refractivity contribution >= 4 is 21.8 Å². The Morgan fingerprint density at radius 1 is 1.00 bits per heavy atom. The van der Waals surface area contributed by atoms with Gasteiger partial charge in [0.25, 0.3) is 0 Å². The molecule has 1 fully saturated rings. The molecule has 1 aliphatic heterocycles. The van der Waals surface area contributed by atoms with E-state index in [0.717, 1.165) is 30.7 Å². The lowest BCUT2D eigenvalue weighted by Gasteiger charge is -2.15. The van der Waals surface area contributed by atoms with E-state index in [9.17, 15) is 21.6 Å². The predicted molar refractivity (Wildman–Crippen MR) is 83.4 cm³/mol. The molecule has 0 aromatic carbocycles. The maximum atomic E-state index is 12.4. The molecule has 0 spiro atoms. The minimum absolute atomic E-state index is 0.0947. The topological polar surface area (TPSA) is 76.0 Å². The summed E-state index contributed by atoms with van der Waals surface area (Å²) in [6, 6.07) is 4.95. The molecule has 0 unspecified atom stereocenters. The van der Waals surface area contributed by atoms with Gasteiger partial charge in [-0.25, -0.2) is 13.4 Å². The molecule has 1 aliphatic rings. The van der Waals surface area contributed by atoms with Crippen molar-refractivity contribution in [3.05, 3.63) is 36.2 Å². The third-order valence-corrected chi connectivity index (χ3v) is 6.31. The minimum Gasteiger partial charge on any atom is -0.248 e. The zero-order valence-corrected chi connectivity index (χ0v) is 14.4. The number of aromatic nitrogens is 3. The predicted octanol–water partition coefficient (Wildman–Crippen LogP) is 2.83. The van der Waals surface area contributed by atoms with E-state index < -0.39 is 21.9 Å². The number of nitrogens with zero attached hydrogens (tertiary/aromatic N) is 4. The largest absolute Gasteiger partial charge is 0.435 e. The molecule has 134 valence electrons.